The van der Waals surface area contributed by atoms with Crippen molar-refractivity contribution in [2.75, 3.05) is 13.2 Å². The highest BCUT2D eigenvalue weighted by Crippen LogP contribution is 2.35. The van der Waals surface area contributed by atoms with Crippen molar-refractivity contribution >= 4 is 5.97 Å². The van der Waals surface area contributed by atoms with Crippen LogP contribution in [0.4, 0.5) is 0 Å². The fourth-order valence-corrected chi connectivity index (χ4v) is 3.80. The Labute approximate surface area is 172 Å². The van der Waals surface area contributed by atoms with Gasteiger partial charge in [-0.2, -0.15) is 0 Å². The monoisotopic (exact) mass is 398 g/mol. The van der Waals surface area contributed by atoms with Gasteiger partial charge in [-0.05, 0) is 49.4 Å². The molecule has 2 unspecified atom stereocenters. The molecule has 1 fully saturated rings. The van der Waals surface area contributed by atoms with Crippen molar-refractivity contribution in [1.82, 2.24) is 0 Å². The molecule has 5 heteroatoms. The Bertz CT molecular complexity index is 815. The first kappa shape index (κ1) is 21.5. The van der Waals surface area contributed by atoms with E-state index in [9.17, 15) is 4.79 Å². The van der Waals surface area contributed by atoms with E-state index in [-0.39, 0.29) is 18.4 Å². The SMILES string of the molecule is Cc1c(CCC(=O)O)cccc1C1COC(C)(C)OC1COCc1ccccc1. The molecule has 3 rings (SSSR count). The van der Waals surface area contributed by atoms with Gasteiger partial charge in [0.2, 0.25) is 0 Å². The van der Waals surface area contributed by atoms with E-state index in [1.165, 1.54) is 0 Å². The second-order valence-electron chi connectivity index (χ2n) is 8.00. The maximum atomic E-state index is 11.0. The first-order valence-electron chi connectivity index (χ1n) is 10.1. The van der Waals surface area contributed by atoms with E-state index in [1.807, 2.05) is 63.2 Å². The Morgan fingerprint density at radius 2 is 1.93 bits per heavy atom. The van der Waals surface area contributed by atoms with Gasteiger partial charge in [0, 0.05) is 12.3 Å². The number of ether oxygens (including phenoxy) is 3. The summed E-state index contributed by atoms with van der Waals surface area (Å²) in [5, 5.41) is 9.02. The topological polar surface area (TPSA) is 65.0 Å². The number of hydrogen-bond donors (Lipinski definition) is 1. The molecule has 1 aliphatic rings. The van der Waals surface area contributed by atoms with Gasteiger partial charge in [0.15, 0.2) is 5.79 Å². The van der Waals surface area contributed by atoms with Crippen molar-refractivity contribution in [3.8, 4) is 0 Å². The molecular weight excluding hydrogens is 368 g/mol. The summed E-state index contributed by atoms with van der Waals surface area (Å²) in [7, 11) is 0. The number of aliphatic carboxylic acids is 1. The molecule has 0 aliphatic carbocycles. The fourth-order valence-electron chi connectivity index (χ4n) is 3.80. The Hall–Kier alpha value is -2.21. The molecule has 0 radical (unpaired) electrons. The smallest absolute Gasteiger partial charge is 0.303 e. The fraction of sp³-hybridized carbons (Fsp3) is 0.458. The van der Waals surface area contributed by atoms with E-state index in [0.29, 0.717) is 26.2 Å². The number of carboxylic acid groups (broad SMARTS) is 1. The molecular formula is C24H30O5. The summed E-state index contributed by atoms with van der Waals surface area (Å²) in [4.78, 5) is 11.0. The summed E-state index contributed by atoms with van der Waals surface area (Å²) in [6.07, 6.45) is 0.499. The largest absolute Gasteiger partial charge is 0.481 e. The van der Waals surface area contributed by atoms with Crippen molar-refractivity contribution in [3.05, 3.63) is 70.8 Å². The quantitative estimate of drug-likeness (QED) is 0.711. The van der Waals surface area contributed by atoms with E-state index >= 15 is 0 Å². The molecule has 0 bridgehead atoms. The third-order valence-electron chi connectivity index (χ3n) is 5.38. The van der Waals surface area contributed by atoms with Crippen molar-refractivity contribution in [2.24, 2.45) is 0 Å². The summed E-state index contributed by atoms with van der Waals surface area (Å²) in [6, 6.07) is 16.1. The van der Waals surface area contributed by atoms with Crippen LogP contribution in [0, 0.1) is 6.92 Å². The van der Waals surface area contributed by atoms with Crippen molar-refractivity contribution < 1.29 is 24.1 Å². The summed E-state index contributed by atoms with van der Waals surface area (Å²) < 4.78 is 18.2. The molecule has 0 amide bonds. The van der Waals surface area contributed by atoms with Crippen LogP contribution in [-0.2, 0) is 32.0 Å². The van der Waals surface area contributed by atoms with Gasteiger partial charge in [-0.3, -0.25) is 4.79 Å². The third kappa shape index (κ3) is 5.89. The van der Waals surface area contributed by atoms with Crippen LogP contribution in [-0.4, -0.2) is 36.2 Å². The van der Waals surface area contributed by atoms with E-state index in [1.54, 1.807) is 0 Å². The van der Waals surface area contributed by atoms with Gasteiger partial charge in [-0.15, -0.1) is 0 Å². The van der Waals surface area contributed by atoms with Crippen LogP contribution in [0.3, 0.4) is 0 Å². The Morgan fingerprint density at radius 3 is 2.66 bits per heavy atom. The van der Waals surface area contributed by atoms with Gasteiger partial charge < -0.3 is 19.3 Å². The number of hydrogen-bond acceptors (Lipinski definition) is 4. The first-order chi connectivity index (χ1) is 13.9. The number of aryl methyl sites for hydroxylation is 1. The molecule has 1 aliphatic heterocycles. The van der Waals surface area contributed by atoms with Gasteiger partial charge >= 0.3 is 5.97 Å². The summed E-state index contributed by atoms with van der Waals surface area (Å²) in [5.74, 6) is -1.41. The molecule has 2 aromatic carbocycles. The second-order valence-corrected chi connectivity index (χ2v) is 8.00. The van der Waals surface area contributed by atoms with Crippen LogP contribution in [0.25, 0.3) is 0 Å². The van der Waals surface area contributed by atoms with Crippen molar-refractivity contribution in [3.63, 3.8) is 0 Å². The number of carboxylic acids is 1. The molecule has 5 nitrogen and oxygen atoms in total. The lowest BCUT2D eigenvalue weighted by Crippen LogP contribution is -2.46. The summed E-state index contributed by atoms with van der Waals surface area (Å²) >= 11 is 0. The maximum absolute atomic E-state index is 11.0. The Balaban J connectivity index is 1.74. The number of rotatable bonds is 8. The molecule has 29 heavy (non-hydrogen) atoms. The summed E-state index contributed by atoms with van der Waals surface area (Å²) in [6.45, 7) is 7.42. The number of benzene rings is 2. The van der Waals surface area contributed by atoms with E-state index in [4.69, 9.17) is 19.3 Å². The first-order valence-corrected chi connectivity index (χ1v) is 10.1. The third-order valence-corrected chi connectivity index (χ3v) is 5.38. The minimum absolute atomic E-state index is 0.0311. The van der Waals surface area contributed by atoms with Gasteiger partial charge in [-0.25, -0.2) is 0 Å². The average molecular weight is 398 g/mol. The zero-order chi connectivity index (χ0) is 20.9. The average Bonchev–Trinajstić information content (AvgIpc) is 2.68. The highest BCUT2D eigenvalue weighted by molar-refractivity contribution is 5.67. The van der Waals surface area contributed by atoms with Crippen LogP contribution in [0.2, 0.25) is 0 Å². The predicted octanol–water partition coefficient (Wildman–Crippen LogP) is 4.46. The van der Waals surface area contributed by atoms with Gasteiger partial charge in [0.25, 0.3) is 0 Å². The zero-order valence-corrected chi connectivity index (χ0v) is 17.4. The molecule has 156 valence electrons. The Morgan fingerprint density at radius 1 is 1.17 bits per heavy atom. The molecule has 0 spiro atoms. The van der Waals surface area contributed by atoms with E-state index in [2.05, 4.69) is 6.07 Å². The molecule has 1 saturated heterocycles. The molecule has 1 N–H and O–H groups in total. The summed E-state index contributed by atoms with van der Waals surface area (Å²) in [5.41, 5.74) is 4.43. The Kier molecular flexibility index (Phi) is 7.06. The minimum atomic E-state index is -0.784. The molecule has 2 aromatic rings. The zero-order valence-electron chi connectivity index (χ0n) is 17.4. The second kappa shape index (κ2) is 9.53. The number of carbonyl (C=O) groups is 1. The molecule has 0 saturated carbocycles. The van der Waals surface area contributed by atoms with Gasteiger partial charge in [0.05, 0.1) is 25.9 Å². The predicted molar refractivity (Wildman–Crippen MR) is 111 cm³/mol. The lowest BCUT2D eigenvalue weighted by Gasteiger charge is -2.41. The highest BCUT2D eigenvalue weighted by atomic mass is 16.7. The minimum Gasteiger partial charge on any atom is -0.481 e. The highest BCUT2D eigenvalue weighted by Gasteiger charge is 2.38. The molecule has 2 atom stereocenters. The lowest BCUT2D eigenvalue weighted by atomic mass is 9.87. The van der Waals surface area contributed by atoms with Gasteiger partial charge in [0.1, 0.15) is 0 Å². The molecule has 0 aromatic heterocycles. The van der Waals surface area contributed by atoms with Crippen LogP contribution in [0.1, 0.15) is 48.4 Å². The lowest BCUT2D eigenvalue weighted by molar-refractivity contribution is -0.288. The van der Waals surface area contributed by atoms with E-state index < -0.39 is 11.8 Å². The van der Waals surface area contributed by atoms with Crippen molar-refractivity contribution in [2.45, 2.75) is 58.0 Å². The maximum Gasteiger partial charge on any atom is 0.303 e. The van der Waals surface area contributed by atoms with Crippen molar-refractivity contribution in [1.29, 1.82) is 0 Å². The van der Waals surface area contributed by atoms with Gasteiger partial charge in [-0.1, -0.05) is 48.5 Å². The van der Waals surface area contributed by atoms with E-state index in [0.717, 1.165) is 22.3 Å². The van der Waals surface area contributed by atoms with Crippen LogP contribution < -0.4 is 0 Å². The van der Waals surface area contributed by atoms with Crippen LogP contribution in [0.15, 0.2) is 48.5 Å². The normalized spacial score (nSPS) is 21.1. The van der Waals surface area contributed by atoms with Crippen LogP contribution in [0.5, 0.6) is 0 Å². The van der Waals surface area contributed by atoms with Crippen LogP contribution >= 0.6 is 0 Å². The standard InChI is InChI=1S/C24H30O5/c1-17-19(12-13-23(25)26)10-7-11-20(17)21-15-28-24(2,3)29-22(21)16-27-14-18-8-5-4-6-9-18/h4-11,21-22H,12-16H2,1-3H3,(H,25,26). The molecule has 1 heterocycles.